The second-order valence-electron chi connectivity index (χ2n) is 9.31. The Balaban J connectivity index is 1.14. The second kappa shape index (κ2) is 9.10. The standard InChI is InChI=1S/C24H27N5O6S/c1-18-3-9-21(10-4-18)36(32,33)28-13-11-26(12-14-28)19-5-7-20(8-6-19)34-17-24(2)16-27-15-22(29(30)31)25-23(27)35-24/h3-10,15H,11-14,16-17H2,1-2H3/t24-/m1/s1. The Labute approximate surface area is 209 Å². The number of piperazine rings is 1. The van der Waals surface area contributed by atoms with Gasteiger partial charge in [0.2, 0.25) is 10.0 Å². The van der Waals surface area contributed by atoms with E-state index in [4.69, 9.17) is 9.47 Å². The third kappa shape index (κ3) is 4.73. The Hall–Kier alpha value is -3.64. The van der Waals surface area contributed by atoms with Crippen LogP contribution in [0.4, 0.5) is 11.5 Å². The monoisotopic (exact) mass is 513 g/mol. The van der Waals surface area contributed by atoms with Crippen LogP contribution < -0.4 is 14.4 Å². The average molecular weight is 514 g/mol. The molecule has 12 heteroatoms. The summed E-state index contributed by atoms with van der Waals surface area (Å²) in [6.07, 6.45) is 1.36. The number of sulfonamides is 1. The molecule has 1 atom stereocenters. The van der Waals surface area contributed by atoms with E-state index >= 15 is 0 Å². The van der Waals surface area contributed by atoms with Crippen LogP contribution in [0.25, 0.3) is 0 Å². The fourth-order valence-electron chi connectivity index (χ4n) is 4.39. The highest BCUT2D eigenvalue weighted by Gasteiger charge is 2.41. The van der Waals surface area contributed by atoms with Gasteiger partial charge in [-0.1, -0.05) is 17.7 Å². The fourth-order valence-corrected chi connectivity index (χ4v) is 5.81. The van der Waals surface area contributed by atoms with Crippen LogP contribution in [0.15, 0.2) is 59.6 Å². The Bertz CT molecular complexity index is 1340. The molecule has 36 heavy (non-hydrogen) atoms. The maximum Gasteiger partial charge on any atom is 0.415 e. The SMILES string of the molecule is Cc1ccc(S(=O)(=O)N2CCN(c3ccc(OC[C@@]4(C)Cn5cc([N+](=O)[O-])nc5O4)cc3)CC2)cc1. The molecule has 1 fully saturated rings. The van der Waals surface area contributed by atoms with Gasteiger partial charge in [-0.2, -0.15) is 4.31 Å². The molecule has 0 spiro atoms. The number of anilines is 1. The Morgan fingerprint density at radius 3 is 2.36 bits per heavy atom. The van der Waals surface area contributed by atoms with Crippen molar-refractivity contribution in [3.05, 3.63) is 70.4 Å². The zero-order chi connectivity index (χ0) is 25.5. The molecule has 3 heterocycles. The number of nitro groups is 1. The van der Waals surface area contributed by atoms with E-state index in [1.165, 1.54) is 10.5 Å². The smallest absolute Gasteiger partial charge is 0.415 e. The van der Waals surface area contributed by atoms with Crippen LogP contribution in [0.1, 0.15) is 12.5 Å². The molecule has 5 rings (SSSR count). The van der Waals surface area contributed by atoms with Crippen LogP contribution in [-0.4, -0.2) is 65.6 Å². The molecule has 2 aliphatic heterocycles. The molecule has 0 bridgehead atoms. The molecule has 190 valence electrons. The van der Waals surface area contributed by atoms with Gasteiger partial charge in [0.1, 0.15) is 18.6 Å². The summed E-state index contributed by atoms with van der Waals surface area (Å²) in [5, 5.41) is 10.9. The molecule has 11 nitrogen and oxygen atoms in total. The van der Waals surface area contributed by atoms with Crippen molar-refractivity contribution in [2.24, 2.45) is 0 Å². The van der Waals surface area contributed by atoms with Gasteiger partial charge in [-0.3, -0.25) is 4.57 Å². The van der Waals surface area contributed by atoms with E-state index in [0.717, 1.165) is 11.3 Å². The first-order valence-corrected chi connectivity index (χ1v) is 13.0. The van der Waals surface area contributed by atoms with Crippen LogP contribution in [0.3, 0.4) is 0 Å². The molecule has 0 N–H and O–H groups in total. The highest BCUT2D eigenvalue weighted by atomic mass is 32.2. The first-order chi connectivity index (χ1) is 17.1. The number of hydrogen-bond donors (Lipinski definition) is 0. The topological polar surface area (TPSA) is 120 Å². The lowest BCUT2D eigenvalue weighted by Crippen LogP contribution is -2.48. The number of rotatable bonds is 7. The number of benzene rings is 2. The molecule has 3 aromatic rings. The Morgan fingerprint density at radius 1 is 1.08 bits per heavy atom. The molecule has 0 aliphatic carbocycles. The van der Waals surface area contributed by atoms with Crippen molar-refractivity contribution in [1.82, 2.24) is 13.9 Å². The minimum absolute atomic E-state index is 0.215. The van der Waals surface area contributed by atoms with Gasteiger partial charge in [0.25, 0.3) is 0 Å². The van der Waals surface area contributed by atoms with Gasteiger partial charge >= 0.3 is 11.8 Å². The molecule has 1 aromatic heterocycles. The summed E-state index contributed by atoms with van der Waals surface area (Å²) in [4.78, 5) is 16.7. The third-order valence-electron chi connectivity index (χ3n) is 6.40. The lowest BCUT2D eigenvalue weighted by Gasteiger charge is -2.35. The highest BCUT2D eigenvalue weighted by molar-refractivity contribution is 7.89. The summed E-state index contributed by atoms with van der Waals surface area (Å²) in [7, 11) is -3.50. The van der Waals surface area contributed by atoms with Crippen LogP contribution in [-0.2, 0) is 16.6 Å². The second-order valence-corrected chi connectivity index (χ2v) is 11.2. The van der Waals surface area contributed by atoms with Gasteiger partial charge in [0.05, 0.1) is 11.4 Å². The normalized spacial score (nSPS) is 20.1. The Morgan fingerprint density at radius 2 is 1.75 bits per heavy atom. The summed E-state index contributed by atoms with van der Waals surface area (Å²) in [6, 6.07) is 14.8. The van der Waals surface area contributed by atoms with Crippen molar-refractivity contribution < 1.29 is 22.8 Å². The van der Waals surface area contributed by atoms with Crippen molar-refractivity contribution in [2.45, 2.75) is 30.9 Å². The van der Waals surface area contributed by atoms with Crippen LogP contribution >= 0.6 is 0 Å². The van der Waals surface area contributed by atoms with Crippen molar-refractivity contribution in [1.29, 1.82) is 0 Å². The molecule has 2 aromatic carbocycles. The van der Waals surface area contributed by atoms with Crippen molar-refractivity contribution in [3.8, 4) is 11.8 Å². The minimum Gasteiger partial charge on any atom is -0.489 e. The van der Waals surface area contributed by atoms with Crippen LogP contribution in [0.2, 0.25) is 0 Å². The van der Waals surface area contributed by atoms with E-state index in [9.17, 15) is 18.5 Å². The van der Waals surface area contributed by atoms with E-state index in [1.807, 2.05) is 50.2 Å². The molecule has 0 saturated carbocycles. The van der Waals surface area contributed by atoms with Gasteiger partial charge < -0.3 is 24.5 Å². The largest absolute Gasteiger partial charge is 0.489 e. The molecule has 0 amide bonds. The summed E-state index contributed by atoms with van der Waals surface area (Å²) in [6.45, 7) is 6.46. The van der Waals surface area contributed by atoms with Gasteiger partial charge in [-0.15, -0.1) is 0 Å². The van der Waals surface area contributed by atoms with Crippen LogP contribution in [0.5, 0.6) is 11.8 Å². The molecule has 0 radical (unpaired) electrons. The maximum atomic E-state index is 12.9. The molecular formula is C24H27N5O6S. The first-order valence-electron chi connectivity index (χ1n) is 11.6. The van der Waals surface area contributed by atoms with E-state index in [2.05, 4.69) is 9.88 Å². The molecular weight excluding hydrogens is 486 g/mol. The number of nitrogens with zero attached hydrogens (tertiary/aromatic N) is 5. The lowest BCUT2D eigenvalue weighted by atomic mass is 10.1. The molecule has 1 saturated heterocycles. The lowest BCUT2D eigenvalue weighted by molar-refractivity contribution is -0.389. The minimum atomic E-state index is -3.50. The summed E-state index contributed by atoms with van der Waals surface area (Å²) < 4.78 is 40.8. The van der Waals surface area contributed by atoms with E-state index in [-0.39, 0.29) is 18.4 Å². The maximum absolute atomic E-state index is 12.9. The Kier molecular flexibility index (Phi) is 6.08. The zero-order valence-corrected chi connectivity index (χ0v) is 20.8. The summed E-state index contributed by atoms with van der Waals surface area (Å²) >= 11 is 0. The van der Waals surface area contributed by atoms with E-state index < -0.39 is 20.5 Å². The van der Waals surface area contributed by atoms with E-state index in [1.54, 1.807) is 16.7 Å². The number of imidazole rings is 1. The number of aryl methyl sites for hydroxylation is 1. The quantitative estimate of drug-likeness (QED) is 0.349. The van der Waals surface area contributed by atoms with Gasteiger partial charge in [-0.05, 0) is 55.2 Å². The zero-order valence-electron chi connectivity index (χ0n) is 20.0. The predicted molar refractivity (Wildman–Crippen MR) is 132 cm³/mol. The van der Waals surface area contributed by atoms with Gasteiger partial charge in [0.15, 0.2) is 5.60 Å². The number of aromatic nitrogens is 2. The molecule has 2 aliphatic rings. The highest BCUT2D eigenvalue weighted by Crippen LogP contribution is 2.32. The number of hydrogen-bond acceptors (Lipinski definition) is 8. The first kappa shape index (κ1) is 24.1. The van der Waals surface area contributed by atoms with E-state index in [0.29, 0.717) is 43.4 Å². The predicted octanol–water partition coefficient (Wildman–Crippen LogP) is 2.84. The van der Waals surface area contributed by atoms with Crippen molar-refractivity contribution >= 4 is 21.5 Å². The van der Waals surface area contributed by atoms with Gasteiger partial charge in [-0.25, -0.2) is 8.42 Å². The summed E-state index contributed by atoms with van der Waals surface area (Å²) in [5.74, 6) is 0.428. The van der Waals surface area contributed by atoms with Crippen molar-refractivity contribution in [3.63, 3.8) is 0 Å². The van der Waals surface area contributed by atoms with Crippen LogP contribution in [0, 0.1) is 17.0 Å². The van der Waals surface area contributed by atoms with Crippen molar-refractivity contribution in [2.75, 3.05) is 37.7 Å². The molecule has 0 unspecified atom stereocenters. The fraction of sp³-hybridized carbons (Fsp3) is 0.375. The average Bonchev–Trinajstić information content (AvgIpc) is 3.39. The number of fused-ring (bicyclic) bond motifs is 1. The number of ether oxygens (including phenoxy) is 2. The summed E-state index contributed by atoms with van der Waals surface area (Å²) in [5.41, 5.74) is 1.33. The third-order valence-corrected chi connectivity index (χ3v) is 8.31. The van der Waals surface area contributed by atoms with Gasteiger partial charge in [0, 0.05) is 36.9 Å².